The Morgan fingerprint density at radius 1 is 0.879 bits per heavy atom. The minimum absolute atomic E-state index is 0.133. The molecule has 1 saturated heterocycles. The van der Waals surface area contributed by atoms with Crippen molar-refractivity contribution in [1.29, 1.82) is 0 Å². The zero-order valence-electron chi connectivity index (χ0n) is 19.8. The van der Waals surface area contributed by atoms with Gasteiger partial charge in [-0.15, -0.1) is 0 Å². The summed E-state index contributed by atoms with van der Waals surface area (Å²) >= 11 is 0. The van der Waals surface area contributed by atoms with Crippen molar-refractivity contribution in [3.8, 4) is 0 Å². The lowest BCUT2D eigenvalue weighted by Gasteiger charge is -2.37. The summed E-state index contributed by atoms with van der Waals surface area (Å²) in [7, 11) is 0. The maximum absolute atomic E-state index is 13.5. The summed E-state index contributed by atoms with van der Waals surface area (Å²) in [5, 5.41) is 0. The number of anilines is 1. The van der Waals surface area contributed by atoms with E-state index in [1.54, 1.807) is 0 Å². The Hall–Kier alpha value is -3.12. The smallest absolute Gasteiger partial charge is 0.277 e. The summed E-state index contributed by atoms with van der Waals surface area (Å²) < 4.78 is 5.61. The highest BCUT2D eigenvalue weighted by Gasteiger charge is 2.41. The maximum Gasteiger partial charge on any atom is 0.277 e. The highest BCUT2D eigenvalue weighted by molar-refractivity contribution is 6.35. The van der Waals surface area contributed by atoms with E-state index in [1.807, 2.05) is 44.2 Å². The monoisotopic (exact) mass is 447 g/mol. The second kappa shape index (κ2) is 10.2. The molecule has 0 aromatic heterocycles. The highest BCUT2D eigenvalue weighted by atomic mass is 16.5. The normalized spacial score (nSPS) is 17.0. The van der Waals surface area contributed by atoms with Crippen molar-refractivity contribution in [1.82, 2.24) is 9.80 Å². The fourth-order valence-corrected chi connectivity index (χ4v) is 4.48. The van der Waals surface area contributed by atoms with Gasteiger partial charge < -0.3 is 14.5 Å². The van der Waals surface area contributed by atoms with Crippen LogP contribution in [0.5, 0.6) is 0 Å². The van der Waals surface area contributed by atoms with E-state index in [0.29, 0.717) is 43.9 Å². The molecule has 2 aliphatic heterocycles. The number of hydrogen-bond acceptors (Lipinski definition) is 5. The standard InChI is InChI=1S/C27H33N3O3/c1-20(2)33-18-8-13-30-26(31)24(22-10-5-4-6-11-22)25(27(30)32)29-16-14-28(15-17-29)23-12-7-9-21(3)19-23/h4-7,9-12,19-20H,8,13-18H2,1-3H3. The van der Waals surface area contributed by atoms with Crippen molar-refractivity contribution in [2.75, 3.05) is 44.2 Å². The number of imide groups is 1. The first-order valence-corrected chi connectivity index (χ1v) is 11.8. The van der Waals surface area contributed by atoms with E-state index in [2.05, 4.69) is 41.0 Å². The van der Waals surface area contributed by atoms with Crippen molar-refractivity contribution in [2.45, 2.75) is 33.3 Å². The molecule has 2 heterocycles. The van der Waals surface area contributed by atoms with Gasteiger partial charge >= 0.3 is 0 Å². The maximum atomic E-state index is 13.5. The van der Waals surface area contributed by atoms with E-state index in [1.165, 1.54) is 16.2 Å². The van der Waals surface area contributed by atoms with Crippen LogP contribution in [-0.4, -0.2) is 67.0 Å². The molecule has 0 atom stereocenters. The van der Waals surface area contributed by atoms with Crippen LogP contribution in [0.4, 0.5) is 5.69 Å². The summed E-state index contributed by atoms with van der Waals surface area (Å²) in [6.07, 6.45) is 0.764. The van der Waals surface area contributed by atoms with Gasteiger partial charge in [-0.05, 0) is 50.5 Å². The summed E-state index contributed by atoms with van der Waals surface area (Å²) in [6, 6.07) is 18.1. The highest BCUT2D eigenvalue weighted by Crippen LogP contribution is 2.32. The molecule has 2 aliphatic rings. The quantitative estimate of drug-likeness (QED) is 0.456. The molecule has 2 amide bonds. The molecular weight excluding hydrogens is 414 g/mol. The van der Waals surface area contributed by atoms with E-state index >= 15 is 0 Å². The van der Waals surface area contributed by atoms with Crippen LogP contribution < -0.4 is 4.90 Å². The lowest BCUT2D eigenvalue weighted by molar-refractivity contribution is -0.137. The lowest BCUT2D eigenvalue weighted by atomic mass is 10.0. The van der Waals surface area contributed by atoms with Gasteiger partial charge in [0.2, 0.25) is 0 Å². The third-order valence-corrected chi connectivity index (χ3v) is 6.15. The topological polar surface area (TPSA) is 53.1 Å². The molecule has 0 spiro atoms. The van der Waals surface area contributed by atoms with Gasteiger partial charge in [-0.1, -0.05) is 42.5 Å². The number of carbonyl (C=O) groups excluding carboxylic acids is 2. The number of nitrogens with zero attached hydrogens (tertiary/aromatic N) is 3. The number of benzene rings is 2. The van der Waals surface area contributed by atoms with Crippen LogP contribution in [0.1, 0.15) is 31.4 Å². The minimum Gasteiger partial charge on any atom is -0.379 e. The zero-order valence-corrected chi connectivity index (χ0v) is 19.8. The second-order valence-electron chi connectivity index (χ2n) is 8.94. The van der Waals surface area contributed by atoms with Gasteiger partial charge in [0.15, 0.2) is 0 Å². The Labute approximate surface area is 196 Å². The van der Waals surface area contributed by atoms with E-state index in [9.17, 15) is 9.59 Å². The second-order valence-corrected chi connectivity index (χ2v) is 8.94. The van der Waals surface area contributed by atoms with Crippen molar-refractivity contribution >= 4 is 23.1 Å². The van der Waals surface area contributed by atoms with Gasteiger partial charge in [0, 0.05) is 45.0 Å². The summed E-state index contributed by atoms with van der Waals surface area (Å²) in [6.45, 7) is 9.96. The lowest BCUT2D eigenvalue weighted by Crippen LogP contribution is -2.47. The van der Waals surface area contributed by atoms with Gasteiger partial charge in [-0.2, -0.15) is 0 Å². The van der Waals surface area contributed by atoms with Crippen LogP contribution >= 0.6 is 0 Å². The van der Waals surface area contributed by atoms with Crippen LogP contribution in [0, 0.1) is 6.92 Å². The molecule has 1 fully saturated rings. The first-order valence-electron chi connectivity index (χ1n) is 11.8. The largest absolute Gasteiger partial charge is 0.379 e. The Kier molecular flexibility index (Phi) is 7.14. The van der Waals surface area contributed by atoms with Gasteiger partial charge in [0.25, 0.3) is 11.8 Å². The molecule has 6 nitrogen and oxygen atoms in total. The number of aryl methyl sites for hydroxylation is 1. The number of piperazine rings is 1. The molecule has 33 heavy (non-hydrogen) atoms. The van der Waals surface area contributed by atoms with Crippen molar-refractivity contribution in [3.05, 3.63) is 71.4 Å². The fourth-order valence-electron chi connectivity index (χ4n) is 4.48. The predicted molar refractivity (Wildman–Crippen MR) is 131 cm³/mol. The molecule has 6 heteroatoms. The Morgan fingerprint density at radius 3 is 2.24 bits per heavy atom. The SMILES string of the molecule is Cc1cccc(N2CCN(C3=C(c4ccccc4)C(=O)N(CCCOC(C)C)C3=O)CC2)c1. The van der Waals surface area contributed by atoms with Gasteiger partial charge in [0.1, 0.15) is 5.70 Å². The molecule has 0 N–H and O–H groups in total. The third-order valence-electron chi connectivity index (χ3n) is 6.15. The minimum atomic E-state index is -0.202. The summed E-state index contributed by atoms with van der Waals surface area (Å²) in [5.41, 5.74) is 4.30. The van der Waals surface area contributed by atoms with Crippen molar-refractivity contribution in [3.63, 3.8) is 0 Å². The molecule has 0 saturated carbocycles. The van der Waals surface area contributed by atoms with Gasteiger partial charge in [-0.25, -0.2) is 0 Å². The molecule has 0 bridgehead atoms. The number of ether oxygens (including phenoxy) is 1. The van der Waals surface area contributed by atoms with Crippen molar-refractivity contribution < 1.29 is 14.3 Å². The van der Waals surface area contributed by atoms with E-state index in [4.69, 9.17) is 4.74 Å². The number of amides is 2. The Bertz CT molecular complexity index is 1020. The van der Waals surface area contributed by atoms with Crippen LogP contribution in [-0.2, 0) is 14.3 Å². The molecule has 174 valence electrons. The average molecular weight is 448 g/mol. The summed E-state index contributed by atoms with van der Waals surface area (Å²) in [5.74, 6) is -0.390. The van der Waals surface area contributed by atoms with Crippen molar-refractivity contribution in [2.24, 2.45) is 0 Å². The fraction of sp³-hybridized carbons (Fsp3) is 0.407. The predicted octanol–water partition coefficient (Wildman–Crippen LogP) is 3.71. The van der Waals surface area contributed by atoms with Gasteiger partial charge in [0.05, 0.1) is 11.7 Å². The first-order chi connectivity index (χ1) is 16.0. The molecule has 2 aromatic rings. The van der Waals surface area contributed by atoms with E-state index < -0.39 is 0 Å². The summed E-state index contributed by atoms with van der Waals surface area (Å²) in [4.78, 5) is 32.7. The molecular formula is C27H33N3O3. The van der Waals surface area contributed by atoms with Crippen LogP contribution in [0.15, 0.2) is 60.3 Å². The molecule has 0 unspecified atom stereocenters. The zero-order chi connectivity index (χ0) is 23.4. The number of hydrogen-bond donors (Lipinski definition) is 0. The average Bonchev–Trinajstić information content (AvgIpc) is 3.07. The van der Waals surface area contributed by atoms with Crippen LogP contribution in [0.25, 0.3) is 5.57 Å². The molecule has 0 radical (unpaired) electrons. The Balaban J connectivity index is 1.54. The van der Waals surface area contributed by atoms with Gasteiger partial charge in [-0.3, -0.25) is 14.5 Å². The molecule has 0 aliphatic carbocycles. The van der Waals surface area contributed by atoms with Crippen LogP contribution in [0.3, 0.4) is 0 Å². The number of rotatable bonds is 8. The third kappa shape index (κ3) is 5.11. The van der Waals surface area contributed by atoms with Crippen LogP contribution in [0.2, 0.25) is 0 Å². The number of carbonyl (C=O) groups is 2. The Morgan fingerprint density at radius 2 is 1.58 bits per heavy atom. The van der Waals surface area contributed by atoms with E-state index in [0.717, 1.165) is 18.7 Å². The first kappa shape index (κ1) is 23.1. The van der Waals surface area contributed by atoms with E-state index in [-0.39, 0.29) is 17.9 Å². The molecule has 4 rings (SSSR count). The molecule has 2 aromatic carbocycles.